The molecule has 4 rings (SSSR count). The first-order valence-corrected chi connectivity index (χ1v) is 7.86. The molecular weight excluding hydrogens is 290 g/mol. The van der Waals surface area contributed by atoms with Gasteiger partial charge in [0.2, 0.25) is 0 Å². The van der Waals surface area contributed by atoms with E-state index in [1.807, 2.05) is 12.1 Å². The van der Waals surface area contributed by atoms with E-state index in [1.54, 1.807) is 6.33 Å². The average Bonchev–Trinajstić information content (AvgIpc) is 2.92. The van der Waals surface area contributed by atoms with Crippen LogP contribution in [-0.2, 0) is 6.54 Å². The van der Waals surface area contributed by atoms with Crippen molar-refractivity contribution in [3.63, 3.8) is 0 Å². The van der Waals surface area contributed by atoms with Crippen LogP contribution in [0.15, 0.2) is 30.6 Å². The summed E-state index contributed by atoms with van der Waals surface area (Å²) in [4.78, 5) is 16.5. The Kier molecular flexibility index (Phi) is 3.46. The lowest BCUT2D eigenvalue weighted by Gasteiger charge is -2.30. The number of benzene rings is 1. The van der Waals surface area contributed by atoms with Crippen molar-refractivity contribution in [2.24, 2.45) is 0 Å². The van der Waals surface area contributed by atoms with Crippen molar-refractivity contribution in [2.45, 2.75) is 38.3 Å². The van der Waals surface area contributed by atoms with E-state index in [4.69, 9.17) is 0 Å². The number of fused-ring (bicyclic) bond motifs is 1. The Morgan fingerprint density at radius 2 is 2.13 bits per heavy atom. The number of imidazole rings is 1. The molecule has 23 heavy (non-hydrogen) atoms. The van der Waals surface area contributed by atoms with E-state index >= 15 is 0 Å². The number of anilines is 1. The molecule has 118 valence electrons. The van der Waals surface area contributed by atoms with Gasteiger partial charge in [-0.05, 0) is 37.5 Å². The minimum Gasteiger partial charge on any atom is -0.393 e. The Labute approximate surface area is 134 Å². The minimum atomic E-state index is -0.176. The zero-order chi connectivity index (χ0) is 15.8. The van der Waals surface area contributed by atoms with Gasteiger partial charge < -0.3 is 15.4 Å². The molecule has 3 aromatic rings. The van der Waals surface area contributed by atoms with Crippen LogP contribution >= 0.6 is 0 Å². The lowest BCUT2D eigenvalue weighted by atomic mass is 9.80. The van der Waals surface area contributed by atoms with Crippen LogP contribution in [0.5, 0.6) is 0 Å². The van der Waals surface area contributed by atoms with Crippen LogP contribution < -0.4 is 5.32 Å². The molecule has 0 amide bonds. The normalized spacial score (nSPS) is 20.4. The number of hydrogen-bond donors (Lipinski definition) is 3. The van der Waals surface area contributed by atoms with Crippen LogP contribution in [0, 0.1) is 6.92 Å². The van der Waals surface area contributed by atoms with Crippen molar-refractivity contribution in [1.29, 1.82) is 0 Å². The molecule has 0 bridgehead atoms. The van der Waals surface area contributed by atoms with Crippen LogP contribution in [0.4, 0.5) is 5.82 Å². The Bertz CT molecular complexity index is 838. The number of aliphatic hydroxyl groups is 1. The molecule has 2 aromatic heterocycles. The smallest absolute Gasteiger partial charge is 0.129 e. The average molecular weight is 309 g/mol. The number of nitrogens with zero attached hydrogens (tertiary/aromatic N) is 3. The van der Waals surface area contributed by atoms with Crippen molar-refractivity contribution in [2.75, 3.05) is 5.32 Å². The zero-order valence-corrected chi connectivity index (χ0v) is 13.0. The molecule has 0 unspecified atom stereocenters. The SMILES string of the molecule is Cc1ccc2nc(CNc3cc(C4CC(O)C4)ncn3)[nH]c2c1. The molecule has 2 heterocycles. The molecule has 6 nitrogen and oxygen atoms in total. The lowest BCUT2D eigenvalue weighted by molar-refractivity contribution is 0.0732. The number of rotatable bonds is 4. The fraction of sp³-hybridized carbons (Fsp3) is 0.353. The van der Waals surface area contributed by atoms with E-state index in [1.165, 1.54) is 5.56 Å². The van der Waals surface area contributed by atoms with Crippen molar-refractivity contribution < 1.29 is 5.11 Å². The Morgan fingerprint density at radius 1 is 1.26 bits per heavy atom. The zero-order valence-electron chi connectivity index (χ0n) is 13.0. The molecule has 0 atom stereocenters. The molecule has 0 aliphatic heterocycles. The second-order valence-corrected chi connectivity index (χ2v) is 6.21. The van der Waals surface area contributed by atoms with Crippen LogP contribution in [-0.4, -0.2) is 31.1 Å². The van der Waals surface area contributed by atoms with E-state index in [0.717, 1.165) is 41.2 Å². The Balaban J connectivity index is 1.46. The molecule has 0 saturated heterocycles. The first-order chi connectivity index (χ1) is 11.2. The molecule has 0 spiro atoms. The second-order valence-electron chi connectivity index (χ2n) is 6.21. The Morgan fingerprint density at radius 3 is 2.96 bits per heavy atom. The monoisotopic (exact) mass is 309 g/mol. The summed E-state index contributed by atoms with van der Waals surface area (Å²) < 4.78 is 0. The minimum absolute atomic E-state index is 0.176. The molecule has 0 radical (unpaired) electrons. The third-order valence-electron chi connectivity index (χ3n) is 4.34. The number of aryl methyl sites for hydroxylation is 1. The van der Waals surface area contributed by atoms with Gasteiger partial charge in [0.05, 0.1) is 23.7 Å². The van der Waals surface area contributed by atoms with Crippen molar-refractivity contribution in [1.82, 2.24) is 19.9 Å². The Hall–Kier alpha value is -2.47. The van der Waals surface area contributed by atoms with Gasteiger partial charge in [-0.15, -0.1) is 0 Å². The van der Waals surface area contributed by atoms with Crippen LogP contribution in [0.1, 0.15) is 35.8 Å². The van der Waals surface area contributed by atoms with Crippen LogP contribution in [0.25, 0.3) is 11.0 Å². The standard InChI is InChI=1S/C17H19N5O/c1-10-2-3-13-15(4-10)22-17(21-13)8-18-16-7-14(19-9-20-16)11-5-12(23)6-11/h2-4,7,9,11-12,23H,5-6,8H2,1H3,(H,21,22)(H,18,19,20). The molecule has 3 N–H and O–H groups in total. The van der Waals surface area contributed by atoms with E-state index in [9.17, 15) is 5.11 Å². The first-order valence-electron chi connectivity index (χ1n) is 7.86. The van der Waals surface area contributed by atoms with Crippen LogP contribution in [0.2, 0.25) is 0 Å². The molecule has 1 aromatic carbocycles. The molecule has 1 saturated carbocycles. The number of hydrogen-bond acceptors (Lipinski definition) is 5. The maximum Gasteiger partial charge on any atom is 0.129 e. The van der Waals surface area contributed by atoms with Crippen LogP contribution in [0.3, 0.4) is 0 Å². The highest BCUT2D eigenvalue weighted by molar-refractivity contribution is 5.75. The lowest BCUT2D eigenvalue weighted by Crippen LogP contribution is -2.27. The van der Waals surface area contributed by atoms with Gasteiger partial charge in [0, 0.05) is 17.7 Å². The van der Waals surface area contributed by atoms with E-state index in [2.05, 4.69) is 44.3 Å². The highest BCUT2D eigenvalue weighted by Crippen LogP contribution is 2.35. The highest BCUT2D eigenvalue weighted by Gasteiger charge is 2.29. The largest absolute Gasteiger partial charge is 0.393 e. The molecular formula is C17H19N5O. The summed E-state index contributed by atoms with van der Waals surface area (Å²) in [5.74, 6) is 2.01. The van der Waals surface area contributed by atoms with Gasteiger partial charge in [0.1, 0.15) is 18.0 Å². The molecule has 6 heteroatoms. The van der Waals surface area contributed by atoms with Gasteiger partial charge in [-0.25, -0.2) is 15.0 Å². The number of aromatic amines is 1. The highest BCUT2D eigenvalue weighted by atomic mass is 16.3. The van der Waals surface area contributed by atoms with Crippen molar-refractivity contribution >= 4 is 16.9 Å². The number of aromatic nitrogens is 4. The fourth-order valence-electron chi connectivity index (χ4n) is 2.96. The number of aliphatic hydroxyl groups excluding tert-OH is 1. The number of nitrogens with one attached hydrogen (secondary N) is 2. The van der Waals surface area contributed by atoms with E-state index < -0.39 is 0 Å². The van der Waals surface area contributed by atoms with Crippen molar-refractivity contribution in [3.8, 4) is 0 Å². The summed E-state index contributed by atoms with van der Waals surface area (Å²) in [5.41, 5.74) is 4.23. The number of H-pyrrole nitrogens is 1. The second kappa shape index (κ2) is 5.62. The summed E-state index contributed by atoms with van der Waals surface area (Å²) >= 11 is 0. The third kappa shape index (κ3) is 2.90. The first kappa shape index (κ1) is 14.1. The van der Waals surface area contributed by atoms with Gasteiger partial charge in [0.15, 0.2) is 0 Å². The maximum atomic E-state index is 9.42. The fourth-order valence-corrected chi connectivity index (χ4v) is 2.96. The van der Waals surface area contributed by atoms with E-state index in [-0.39, 0.29) is 6.10 Å². The molecule has 1 aliphatic carbocycles. The topological polar surface area (TPSA) is 86.7 Å². The quantitative estimate of drug-likeness (QED) is 0.689. The molecule has 1 aliphatic rings. The van der Waals surface area contributed by atoms with Gasteiger partial charge in [-0.2, -0.15) is 0 Å². The summed E-state index contributed by atoms with van der Waals surface area (Å²) in [6.07, 6.45) is 2.98. The predicted molar refractivity (Wildman–Crippen MR) is 88.2 cm³/mol. The maximum absolute atomic E-state index is 9.42. The third-order valence-corrected chi connectivity index (χ3v) is 4.34. The summed E-state index contributed by atoms with van der Waals surface area (Å²) in [5, 5.41) is 12.7. The van der Waals surface area contributed by atoms with Crippen molar-refractivity contribution in [3.05, 3.63) is 47.7 Å². The van der Waals surface area contributed by atoms with E-state index in [0.29, 0.717) is 12.5 Å². The summed E-state index contributed by atoms with van der Waals surface area (Å²) in [6.45, 7) is 2.65. The predicted octanol–water partition coefficient (Wildman–Crippen LogP) is 2.51. The summed E-state index contributed by atoms with van der Waals surface area (Å²) in [6, 6.07) is 8.14. The molecule has 1 fully saturated rings. The van der Waals surface area contributed by atoms with Gasteiger partial charge in [-0.1, -0.05) is 6.07 Å². The van der Waals surface area contributed by atoms with Gasteiger partial charge >= 0.3 is 0 Å². The van der Waals surface area contributed by atoms with Gasteiger partial charge in [-0.3, -0.25) is 0 Å². The summed E-state index contributed by atoms with van der Waals surface area (Å²) in [7, 11) is 0. The van der Waals surface area contributed by atoms with Gasteiger partial charge in [0.25, 0.3) is 0 Å².